The third-order valence-electron chi connectivity index (χ3n) is 2.92. The molecule has 1 unspecified atom stereocenters. The number of halogens is 1. The molecule has 104 valence electrons. The van der Waals surface area contributed by atoms with E-state index in [1.54, 1.807) is 0 Å². The Labute approximate surface area is 125 Å². The van der Waals surface area contributed by atoms with Gasteiger partial charge in [0, 0.05) is 29.8 Å². The van der Waals surface area contributed by atoms with Crippen LogP contribution in [0, 0.1) is 0 Å². The standard InChI is InChI=1S/C15H15BrN2O2/c16-9-12(8-11-4-2-1-3-5-11)18-15(20)13-10-17-7-6-14(13)19/h1-7,10,12H,8-9H2,(H,17,19)(H,18,20). The summed E-state index contributed by atoms with van der Waals surface area (Å²) in [5.74, 6) is -0.354. The van der Waals surface area contributed by atoms with Crippen molar-refractivity contribution >= 4 is 21.8 Å². The van der Waals surface area contributed by atoms with Crippen LogP contribution in [0.5, 0.6) is 0 Å². The predicted octanol–water partition coefficient (Wildman–Crippen LogP) is 2.11. The Morgan fingerprint density at radius 2 is 2.00 bits per heavy atom. The molecule has 2 rings (SSSR count). The van der Waals surface area contributed by atoms with E-state index in [2.05, 4.69) is 26.2 Å². The van der Waals surface area contributed by atoms with Crippen molar-refractivity contribution in [2.24, 2.45) is 0 Å². The maximum atomic E-state index is 12.1. The van der Waals surface area contributed by atoms with Gasteiger partial charge in [-0.25, -0.2) is 0 Å². The largest absolute Gasteiger partial charge is 0.367 e. The molecule has 0 aliphatic carbocycles. The van der Waals surface area contributed by atoms with Gasteiger partial charge in [0.15, 0.2) is 5.43 Å². The molecule has 5 heteroatoms. The molecule has 0 aliphatic rings. The van der Waals surface area contributed by atoms with E-state index >= 15 is 0 Å². The van der Waals surface area contributed by atoms with Gasteiger partial charge >= 0.3 is 0 Å². The van der Waals surface area contributed by atoms with Crippen molar-refractivity contribution in [2.75, 3.05) is 5.33 Å². The maximum absolute atomic E-state index is 12.1. The highest BCUT2D eigenvalue weighted by molar-refractivity contribution is 9.09. The fourth-order valence-corrected chi connectivity index (χ4v) is 2.29. The van der Waals surface area contributed by atoms with E-state index in [0.717, 1.165) is 5.56 Å². The molecule has 1 amide bonds. The molecule has 0 saturated carbocycles. The van der Waals surface area contributed by atoms with Crippen LogP contribution >= 0.6 is 15.9 Å². The number of benzene rings is 1. The normalized spacial score (nSPS) is 11.8. The maximum Gasteiger partial charge on any atom is 0.256 e. The highest BCUT2D eigenvalue weighted by atomic mass is 79.9. The SMILES string of the molecule is O=C(NC(CBr)Cc1ccccc1)c1c[nH]ccc1=O. The van der Waals surface area contributed by atoms with Crippen LogP contribution in [0.3, 0.4) is 0 Å². The second-order valence-corrected chi connectivity index (χ2v) is 5.08. The Morgan fingerprint density at radius 3 is 2.65 bits per heavy atom. The lowest BCUT2D eigenvalue weighted by atomic mass is 10.1. The van der Waals surface area contributed by atoms with E-state index in [9.17, 15) is 9.59 Å². The lowest BCUT2D eigenvalue weighted by molar-refractivity contribution is 0.0939. The van der Waals surface area contributed by atoms with Crippen molar-refractivity contribution < 1.29 is 4.79 Å². The number of hydrogen-bond acceptors (Lipinski definition) is 2. The quantitative estimate of drug-likeness (QED) is 0.822. The van der Waals surface area contributed by atoms with Gasteiger partial charge in [0.1, 0.15) is 5.56 Å². The number of rotatable bonds is 5. The van der Waals surface area contributed by atoms with Crippen LogP contribution in [-0.4, -0.2) is 22.3 Å². The number of carbonyl (C=O) groups is 1. The average Bonchev–Trinajstić information content (AvgIpc) is 2.48. The number of alkyl halides is 1. The Bertz CT molecular complexity index is 625. The summed E-state index contributed by atoms with van der Waals surface area (Å²) in [7, 11) is 0. The van der Waals surface area contributed by atoms with Crippen molar-refractivity contribution in [3.63, 3.8) is 0 Å². The second-order valence-electron chi connectivity index (χ2n) is 4.44. The first-order valence-corrected chi connectivity index (χ1v) is 7.40. The first-order chi connectivity index (χ1) is 9.70. The molecule has 1 heterocycles. The van der Waals surface area contributed by atoms with Gasteiger partial charge in [-0.2, -0.15) is 0 Å². The van der Waals surface area contributed by atoms with Gasteiger partial charge in [-0.1, -0.05) is 46.3 Å². The smallest absolute Gasteiger partial charge is 0.256 e. The summed E-state index contributed by atoms with van der Waals surface area (Å²) in [6, 6.07) is 11.2. The fourth-order valence-electron chi connectivity index (χ4n) is 1.90. The number of carbonyl (C=O) groups excluding carboxylic acids is 1. The van der Waals surface area contributed by atoms with Crippen LogP contribution in [0.2, 0.25) is 0 Å². The Balaban J connectivity index is 2.05. The van der Waals surface area contributed by atoms with E-state index in [1.807, 2.05) is 30.3 Å². The van der Waals surface area contributed by atoms with Crippen LogP contribution in [0.15, 0.2) is 53.6 Å². The molecule has 0 aliphatic heterocycles. The predicted molar refractivity (Wildman–Crippen MR) is 82.3 cm³/mol. The summed E-state index contributed by atoms with van der Waals surface area (Å²) in [6.45, 7) is 0. The lowest BCUT2D eigenvalue weighted by Gasteiger charge is -2.16. The zero-order valence-electron chi connectivity index (χ0n) is 10.8. The number of amides is 1. The van der Waals surface area contributed by atoms with Crippen molar-refractivity contribution in [3.8, 4) is 0 Å². The third kappa shape index (κ3) is 3.81. The number of pyridine rings is 1. The molecule has 0 bridgehead atoms. The Morgan fingerprint density at radius 1 is 1.25 bits per heavy atom. The number of aromatic amines is 1. The van der Waals surface area contributed by atoms with Crippen LogP contribution in [0.4, 0.5) is 0 Å². The summed E-state index contributed by atoms with van der Waals surface area (Å²) in [5, 5.41) is 3.49. The number of H-pyrrole nitrogens is 1. The van der Waals surface area contributed by atoms with E-state index in [4.69, 9.17) is 0 Å². The monoisotopic (exact) mass is 334 g/mol. The molecule has 1 atom stereocenters. The van der Waals surface area contributed by atoms with Gasteiger partial charge < -0.3 is 10.3 Å². The van der Waals surface area contributed by atoms with E-state index in [-0.39, 0.29) is 22.9 Å². The van der Waals surface area contributed by atoms with Crippen molar-refractivity contribution in [2.45, 2.75) is 12.5 Å². The van der Waals surface area contributed by atoms with Crippen molar-refractivity contribution in [1.29, 1.82) is 0 Å². The van der Waals surface area contributed by atoms with Crippen LogP contribution in [0.25, 0.3) is 0 Å². The molecular weight excluding hydrogens is 320 g/mol. The van der Waals surface area contributed by atoms with Gasteiger partial charge in [0.05, 0.1) is 0 Å². The topological polar surface area (TPSA) is 62.0 Å². The summed E-state index contributed by atoms with van der Waals surface area (Å²) in [6.07, 6.45) is 3.64. The number of hydrogen-bond donors (Lipinski definition) is 2. The zero-order chi connectivity index (χ0) is 14.4. The van der Waals surface area contributed by atoms with Gasteiger partial charge in [0.25, 0.3) is 5.91 Å². The van der Waals surface area contributed by atoms with Crippen LogP contribution in [0.1, 0.15) is 15.9 Å². The minimum Gasteiger partial charge on any atom is -0.367 e. The Hall–Kier alpha value is -1.88. The second kappa shape index (κ2) is 7.05. The molecule has 4 nitrogen and oxygen atoms in total. The third-order valence-corrected chi connectivity index (χ3v) is 3.70. The molecular formula is C15H15BrN2O2. The van der Waals surface area contributed by atoms with Crippen LogP contribution < -0.4 is 10.7 Å². The van der Waals surface area contributed by atoms with Crippen molar-refractivity contribution in [3.05, 3.63) is 70.1 Å². The molecule has 0 spiro atoms. The van der Waals surface area contributed by atoms with E-state index < -0.39 is 0 Å². The summed E-state index contributed by atoms with van der Waals surface area (Å²) in [5.41, 5.74) is 0.986. The molecule has 1 aromatic heterocycles. The van der Waals surface area contributed by atoms with Crippen molar-refractivity contribution in [1.82, 2.24) is 10.3 Å². The zero-order valence-corrected chi connectivity index (χ0v) is 12.4. The summed E-state index contributed by atoms with van der Waals surface area (Å²) in [4.78, 5) is 26.4. The highest BCUT2D eigenvalue weighted by Gasteiger charge is 2.15. The van der Waals surface area contributed by atoms with Gasteiger partial charge in [-0.3, -0.25) is 9.59 Å². The fraction of sp³-hybridized carbons (Fsp3) is 0.200. The first-order valence-electron chi connectivity index (χ1n) is 6.28. The van der Waals surface area contributed by atoms with Crippen LogP contribution in [-0.2, 0) is 6.42 Å². The lowest BCUT2D eigenvalue weighted by Crippen LogP contribution is -2.39. The Kier molecular flexibility index (Phi) is 5.12. The minimum absolute atomic E-state index is 0.0653. The minimum atomic E-state index is -0.354. The molecule has 2 aromatic rings. The average molecular weight is 335 g/mol. The summed E-state index contributed by atoms with van der Waals surface area (Å²) < 4.78 is 0. The highest BCUT2D eigenvalue weighted by Crippen LogP contribution is 2.06. The van der Waals surface area contributed by atoms with E-state index in [1.165, 1.54) is 18.5 Å². The number of nitrogens with one attached hydrogen (secondary N) is 2. The molecule has 0 saturated heterocycles. The first kappa shape index (κ1) is 14.5. The van der Waals surface area contributed by atoms with E-state index in [0.29, 0.717) is 11.8 Å². The van der Waals surface area contributed by atoms with Gasteiger partial charge in [-0.15, -0.1) is 0 Å². The molecule has 0 radical (unpaired) electrons. The summed E-state index contributed by atoms with van der Waals surface area (Å²) >= 11 is 3.39. The number of aromatic nitrogens is 1. The van der Waals surface area contributed by atoms with Gasteiger partial charge in [0.2, 0.25) is 0 Å². The molecule has 2 N–H and O–H groups in total. The molecule has 0 fully saturated rings. The van der Waals surface area contributed by atoms with Gasteiger partial charge in [-0.05, 0) is 12.0 Å². The molecule has 20 heavy (non-hydrogen) atoms. The molecule has 1 aromatic carbocycles.